The molecule has 2 aromatic rings. The quantitative estimate of drug-likeness (QED) is 0.769. The van der Waals surface area contributed by atoms with Crippen LogP contribution in [0.15, 0.2) is 48.5 Å². The standard InChI is InChI=1S/C21H27FN2O3/c1-26-21-8-2-17(3-9-21)15-27-16-20(25)14-23-10-12-24(13-11-23)19-6-4-18(22)5-7-19/h2-9,20,25H,10-16H2,1H3. The van der Waals surface area contributed by atoms with Gasteiger partial charge in [0.1, 0.15) is 11.6 Å². The van der Waals surface area contributed by atoms with Gasteiger partial charge in [-0.15, -0.1) is 0 Å². The third-order valence-electron chi connectivity index (χ3n) is 4.77. The molecule has 1 heterocycles. The number of hydrogen-bond acceptors (Lipinski definition) is 5. The topological polar surface area (TPSA) is 45.2 Å². The van der Waals surface area contributed by atoms with Gasteiger partial charge in [-0.2, -0.15) is 0 Å². The van der Waals surface area contributed by atoms with Gasteiger partial charge >= 0.3 is 0 Å². The molecule has 1 aliphatic rings. The number of nitrogens with zero attached hydrogens (tertiary/aromatic N) is 2. The second kappa shape index (κ2) is 9.69. The van der Waals surface area contributed by atoms with Crippen LogP contribution in [0.5, 0.6) is 5.75 Å². The summed E-state index contributed by atoms with van der Waals surface area (Å²) in [6.45, 7) is 4.85. The van der Waals surface area contributed by atoms with Gasteiger partial charge < -0.3 is 19.5 Å². The van der Waals surface area contributed by atoms with Crippen LogP contribution in [0.1, 0.15) is 5.56 Å². The fraction of sp³-hybridized carbons (Fsp3) is 0.429. The average Bonchev–Trinajstić information content (AvgIpc) is 2.70. The molecule has 1 aliphatic heterocycles. The molecule has 0 radical (unpaired) electrons. The summed E-state index contributed by atoms with van der Waals surface area (Å²) in [4.78, 5) is 4.48. The first-order valence-electron chi connectivity index (χ1n) is 9.25. The monoisotopic (exact) mass is 374 g/mol. The van der Waals surface area contributed by atoms with Gasteiger partial charge in [0, 0.05) is 38.4 Å². The maximum absolute atomic E-state index is 13.0. The van der Waals surface area contributed by atoms with Crippen LogP contribution in [0.25, 0.3) is 0 Å². The van der Waals surface area contributed by atoms with E-state index in [1.165, 1.54) is 12.1 Å². The number of hydrogen-bond donors (Lipinski definition) is 1. The molecule has 6 heteroatoms. The summed E-state index contributed by atoms with van der Waals surface area (Å²) in [5.41, 5.74) is 2.09. The zero-order chi connectivity index (χ0) is 19.1. The van der Waals surface area contributed by atoms with E-state index in [1.54, 1.807) is 7.11 Å². The van der Waals surface area contributed by atoms with E-state index in [0.29, 0.717) is 19.8 Å². The number of halogens is 1. The average molecular weight is 374 g/mol. The minimum Gasteiger partial charge on any atom is -0.497 e. The highest BCUT2D eigenvalue weighted by molar-refractivity contribution is 5.46. The van der Waals surface area contributed by atoms with E-state index in [4.69, 9.17) is 9.47 Å². The number of rotatable bonds is 8. The highest BCUT2D eigenvalue weighted by Crippen LogP contribution is 2.17. The molecular formula is C21H27FN2O3. The molecule has 0 aromatic heterocycles. The van der Waals surface area contributed by atoms with Gasteiger partial charge in [-0.05, 0) is 42.0 Å². The lowest BCUT2D eigenvalue weighted by molar-refractivity contribution is 0.00913. The van der Waals surface area contributed by atoms with Crippen molar-refractivity contribution in [1.82, 2.24) is 4.90 Å². The van der Waals surface area contributed by atoms with Gasteiger partial charge in [-0.1, -0.05) is 12.1 Å². The fourth-order valence-corrected chi connectivity index (χ4v) is 3.23. The van der Waals surface area contributed by atoms with E-state index in [9.17, 15) is 9.50 Å². The molecule has 1 fully saturated rings. The minimum atomic E-state index is -0.513. The SMILES string of the molecule is COc1ccc(COCC(O)CN2CCN(c3ccc(F)cc3)CC2)cc1. The van der Waals surface area contributed by atoms with Crippen LogP contribution in [0.4, 0.5) is 10.1 Å². The maximum Gasteiger partial charge on any atom is 0.123 e. The number of anilines is 1. The van der Waals surface area contributed by atoms with Crippen LogP contribution in [0, 0.1) is 5.82 Å². The van der Waals surface area contributed by atoms with Gasteiger partial charge in [0.05, 0.1) is 26.4 Å². The Balaban J connectivity index is 1.35. The summed E-state index contributed by atoms with van der Waals surface area (Å²) in [7, 11) is 1.64. The molecule has 3 rings (SSSR count). The van der Waals surface area contributed by atoms with Crippen LogP contribution in [-0.4, -0.2) is 62.6 Å². The number of aliphatic hydroxyl groups excluding tert-OH is 1. The molecule has 1 unspecified atom stereocenters. The van der Waals surface area contributed by atoms with Crippen molar-refractivity contribution in [2.24, 2.45) is 0 Å². The molecule has 1 saturated heterocycles. The highest BCUT2D eigenvalue weighted by Gasteiger charge is 2.19. The van der Waals surface area contributed by atoms with Gasteiger partial charge in [-0.3, -0.25) is 4.90 Å². The Morgan fingerprint density at radius 2 is 1.67 bits per heavy atom. The molecule has 0 bridgehead atoms. The molecule has 5 nitrogen and oxygen atoms in total. The normalized spacial score (nSPS) is 16.3. The first-order chi connectivity index (χ1) is 13.1. The zero-order valence-electron chi connectivity index (χ0n) is 15.7. The predicted octanol–water partition coefficient (Wildman–Crippen LogP) is 2.53. The van der Waals surface area contributed by atoms with Gasteiger partial charge in [-0.25, -0.2) is 4.39 Å². The molecule has 27 heavy (non-hydrogen) atoms. The number of ether oxygens (including phenoxy) is 2. The Bertz CT molecular complexity index is 686. The van der Waals surface area contributed by atoms with Gasteiger partial charge in [0.25, 0.3) is 0 Å². The molecule has 0 spiro atoms. The lowest BCUT2D eigenvalue weighted by atomic mass is 10.2. The third kappa shape index (κ3) is 5.92. The van der Waals surface area contributed by atoms with Crippen LogP contribution in [-0.2, 0) is 11.3 Å². The first kappa shape index (κ1) is 19.6. The van der Waals surface area contributed by atoms with E-state index in [-0.39, 0.29) is 5.82 Å². The zero-order valence-corrected chi connectivity index (χ0v) is 15.7. The second-order valence-corrected chi connectivity index (χ2v) is 6.78. The van der Waals surface area contributed by atoms with Crippen molar-refractivity contribution >= 4 is 5.69 Å². The number of benzene rings is 2. The molecular weight excluding hydrogens is 347 g/mol. The van der Waals surface area contributed by atoms with Gasteiger partial charge in [0.2, 0.25) is 0 Å². The molecule has 1 N–H and O–H groups in total. The second-order valence-electron chi connectivity index (χ2n) is 6.78. The van der Waals surface area contributed by atoms with Crippen LogP contribution in [0.2, 0.25) is 0 Å². The van der Waals surface area contributed by atoms with E-state index in [0.717, 1.165) is 43.2 Å². The van der Waals surface area contributed by atoms with Crippen molar-refractivity contribution < 1.29 is 19.0 Å². The number of aliphatic hydroxyl groups is 1. The highest BCUT2D eigenvalue weighted by atomic mass is 19.1. The van der Waals surface area contributed by atoms with Crippen molar-refractivity contribution in [2.45, 2.75) is 12.7 Å². The van der Waals surface area contributed by atoms with Crippen molar-refractivity contribution in [3.63, 3.8) is 0 Å². The Kier molecular flexibility index (Phi) is 7.04. The first-order valence-corrected chi connectivity index (χ1v) is 9.25. The molecule has 1 atom stereocenters. The number of piperazine rings is 1. The Labute approximate surface area is 159 Å². The van der Waals surface area contributed by atoms with Gasteiger partial charge in [0.15, 0.2) is 0 Å². The Morgan fingerprint density at radius 3 is 2.30 bits per heavy atom. The van der Waals surface area contributed by atoms with Crippen molar-refractivity contribution in [2.75, 3.05) is 51.3 Å². The summed E-state index contributed by atoms with van der Waals surface area (Å²) < 4.78 is 23.8. The third-order valence-corrected chi connectivity index (χ3v) is 4.77. The molecule has 0 saturated carbocycles. The Morgan fingerprint density at radius 1 is 1.00 bits per heavy atom. The van der Waals surface area contributed by atoms with E-state index >= 15 is 0 Å². The largest absolute Gasteiger partial charge is 0.497 e. The van der Waals surface area contributed by atoms with E-state index in [2.05, 4.69) is 9.80 Å². The smallest absolute Gasteiger partial charge is 0.123 e. The van der Waals surface area contributed by atoms with E-state index < -0.39 is 6.10 Å². The Hall–Kier alpha value is -2.15. The summed E-state index contributed by atoms with van der Waals surface area (Å²) in [5, 5.41) is 10.2. The van der Waals surface area contributed by atoms with Crippen LogP contribution < -0.4 is 9.64 Å². The van der Waals surface area contributed by atoms with Crippen molar-refractivity contribution in [1.29, 1.82) is 0 Å². The number of methoxy groups -OCH3 is 1. The van der Waals surface area contributed by atoms with Crippen molar-refractivity contribution in [3.8, 4) is 5.75 Å². The van der Waals surface area contributed by atoms with Crippen LogP contribution in [0.3, 0.4) is 0 Å². The number of β-amino-alcohol motifs (C(OH)–C–C–N with tert-alkyl or cyclic N) is 1. The minimum absolute atomic E-state index is 0.213. The van der Waals surface area contributed by atoms with E-state index in [1.807, 2.05) is 36.4 Å². The summed E-state index contributed by atoms with van der Waals surface area (Å²) in [6, 6.07) is 14.3. The molecule has 2 aromatic carbocycles. The molecule has 0 aliphatic carbocycles. The molecule has 146 valence electrons. The predicted molar refractivity (Wildman–Crippen MR) is 104 cm³/mol. The maximum atomic E-state index is 13.0. The van der Waals surface area contributed by atoms with Crippen molar-refractivity contribution in [3.05, 3.63) is 59.9 Å². The summed E-state index contributed by atoms with van der Waals surface area (Å²) in [6.07, 6.45) is -0.513. The fourth-order valence-electron chi connectivity index (χ4n) is 3.23. The molecule has 0 amide bonds. The summed E-state index contributed by atoms with van der Waals surface area (Å²) in [5.74, 6) is 0.605. The summed E-state index contributed by atoms with van der Waals surface area (Å²) >= 11 is 0. The van der Waals surface area contributed by atoms with Crippen LogP contribution >= 0.6 is 0 Å². The lowest BCUT2D eigenvalue weighted by Gasteiger charge is -2.36. The lowest BCUT2D eigenvalue weighted by Crippen LogP contribution is -2.49.